The number of anilines is 1. The van der Waals surface area contributed by atoms with Crippen LogP contribution < -0.4 is 15.0 Å². The van der Waals surface area contributed by atoms with Crippen LogP contribution in [-0.4, -0.2) is 74.8 Å². The molecule has 0 bridgehead atoms. The van der Waals surface area contributed by atoms with Crippen molar-refractivity contribution in [2.45, 2.75) is 43.4 Å². The summed E-state index contributed by atoms with van der Waals surface area (Å²) in [4.78, 5) is 27.3. The monoisotopic (exact) mass is 595 g/mol. The van der Waals surface area contributed by atoms with Gasteiger partial charge in [-0.2, -0.15) is 4.31 Å². The predicted molar refractivity (Wildman–Crippen MR) is 159 cm³/mol. The number of ether oxygens (including phenoxy) is 2. The Kier molecular flexibility index (Phi) is 10.2. The Hall–Kier alpha value is -3.93. The van der Waals surface area contributed by atoms with E-state index < -0.39 is 40.3 Å². The molecule has 2 amide bonds. The van der Waals surface area contributed by atoms with Crippen molar-refractivity contribution in [3.63, 3.8) is 0 Å². The molecular formula is C31H37N3O7S. The average molecular weight is 596 g/mol. The van der Waals surface area contributed by atoms with Gasteiger partial charge >= 0.3 is 6.09 Å². The molecule has 3 atom stereocenters. The molecule has 4 rings (SSSR count). The summed E-state index contributed by atoms with van der Waals surface area (Å²) in [6.07, 6.45) is -2.79. The number of methoxy groups -OCH3 is 1. The number of benzene rings is 3. The zero-order chi connectivity index (χ0) is 30.3. The average Bonchev–Trinajstić information content (AvgIpc) is 3.38. The summed E-state index contributed by atoms with van der Waals surface area (Å²) >= 11 is 0. The fourth-order valence-electron chi connectivity index (χ4n) is 4.76. The Bertz CT molecular complexity index is 1430. The molecule has 0 aromatic heterocycles. The van der Waals surface area contributed by atoms with Gasteiger partial charge in [-0.15, -0.1) is 0 Å². The molecule has 1 heterocycles. The minimum Gasteiger partial charge on any atom is -0.497 e. The van der Waals surface area contributed by atoms with E-state index in [1.165, 1.54) is 28.4 Å². The minimum absolute atomic E-state index is 0.00809. The zero-order valence-electron chi connectivity index (χ0n) is 23.9. The van der Waals surface area contributed by atoms with Gasteiger partial charge in [-0.3, -0.25) is 9.69 Å². The maximum Gasteiger partial charge on any atom is 0.415 e. The summed E-state index contributed by atoms with van der Waals surface area (Å²) in [5.74, 6) is -0.0853. The highest BCUT2D eigenvalue weighted by molar-refractivity contribution is 7.89. The number of aliphatic hydroxyl groups is 1. The SMILES string of the molecule is COc1ccc(S(=O)(=O)N(CC(C)C)C[C@@H](O)[C@H](Cc2ccccc2)NC(=O)[C@H]2CN(c3ccccc3)C(=O)O2)cc1. The van der Waals surface area contributed by atoms with Crippen LogP contribution in [0.5, 0.6) is 5.75 Å². The van der Waals surface area contributed by atoms with Crippen LogP contribution in [0.4, 0.5) is 10.5 Å². The fourth-order valence-corrected chi connectivity index (χ4v) is 6.38. The Morgan fingerprint density at radius 2 is 1.64 bits per heavy atom. The van der Waals surface area contributed by atoms with E-state index in [4.69, 9.17) is 9.47 Å². The number of cyclic esters (lactones) is 1. The molecule has 0 radical (unpaired) electrons. The van der Waals surface area contributed by atoms with Crippen molar-refractivity contribution < 1.29 is 32.6 Å². The lowest BCUT2D eigenvalue weighted by atomic mass is 10.0. The van der Waals surface area contributed by atoms with Gasteiger partial charge in [0.15, 0.2) is 6.10 Å². The van der Waals surface area contributed by atoms with E-state index in [9.17, 15) is 23.1 Å². The first-order valence-corrected chi connectivity index (χ1v) is 15.2. The minimum atomic E-state index is -3.98. The number of aliphatic hydroxyl groups excluding tert-OH is 1. The van der Waals surface area contributed by atoms with E-state index in [-0.39, 0.29) is 36.9 Å². The highest BCUT2D eigenvalue weighted by Gasteiger charge is 2.39. The van der Waals surface area contributed by atoms with Crippen LogP contribution in [0.1, 0.15) is 19.4 Å². The first kappa shape index (κ1) is 31.0. The smallest absolute Gasteiger partial charge is 0.415 e. The highest BCUT2D eigenvalue weighted by Crippen LogP contribution is 2.23. The van der Waals surface area contributed by atoms with Crippen molar-refractivity contribution in [3.05, 3.63) is 90.5 Å². The van der Waals surface area contributed by atoms with Crippen molar-refractivity contribution >= 4 is 27.7 Å². The van der Waals surface area contributed by atoms with Crippen molar-refractivity contribution in [2.75, 3.05) is 31.6 Å². The first-order valence-electron chi connectivity index (χ1n) is 13.8. The van der Waals surface area contributed by atoms with Gasteiger partial charge in [0.2, 0.25) is 10.0 Å². The molecule has 0 unspecified atom stereocenters. The quantitative estimate of drug-likeness (QED) is 0.310. The van der Waals surface area contributed by atoms with Crippen LogP contribution in [0.3, 0.4) is 0 Å². The van der Waals surface area contributed by atoms with Crippen LogP contribution >= 0.6 is 0 Å². The fraction of sp³-hybridized carbons (Fsp3) is 0.355. The van der Waals surface area contributed by atoms with E-state index >= 15 is 0 Å². The number of para-hydroxylation sites is 1. The third kappa shape index (κ3) is 7.67. The van der Waals surface area contributed by atoms with E-state index in [2.05, 4.69) is 5.32 Å². The van der Waals surface area contributed by atoms with Gasteiger partial charge in [0.25, 0.3) is 5.91 Å². The van der Waals surface area contributed by atoms with Crippen LogP contribution in [-0.2, 0) is 26.0 Å². The lowest BCUT2D eigenvalue weighted by molar-refractivity contribution is -0.129. The summed E-state index contributed by atoms with van der Waals surface area (Å²) < 4.78 is 39.0. The summed E-state index contributed by atoms with van der Waals surface area (Å²) in [7, 11) is -2.48. The topological polar surface area (TPSA) is 125 Å². The van der Waals surface area contributed by atoms with Gasteiger partial charge in [0.05, 0.1) is 30.7 Å². The molecule has 1 aliphatic rings. The Balaban J connectivity index is 1.54. The number of nitrogens with zero attached hydrogens (tertiary/aromatic N) is 2. The van der Waals surface area contributed by atoms with Crippen molar-refractivity contribution in [3.8, 4) is 5.75 Å². The number of sulfonamides is 1. The van der Waals surface area contributed by atoms with Gasteiger partial charge in [0.1, 0.15) is 5.75 Å². The van der Waals surface area contributed by atoms with Crippen LogP contribution in [0.25, 0.3) is 0 Å². The summed E-state index contributed by atoms with van der Waals surface area (Å²) in [6.45, 7) is 3.68. The maximum absolute atomic E-state index is 13.6. The molecule has 42 heavy (non-hydrogen) atoms. The molecular weight excluding hydrogens is 558 g/mol. The summed E-state index contributed by atoms with van der Waals surface area (Å²) in [5, 5.41) is 14.3. The number of hydrogen-bond donors (Lipinski definition) is 2. The molecule has 224 valence electrons. The molecule has 1 fully saturated rings. The molecule has 0 spiro atoms. The highest BCUT2D eigenvalue weighted by atomic mass is 32.2. The Labute approximate surface area is 246 Å². The number of carbonyl (C=O) groups excluding carboxylic acids is 2. The van der Waals surface area contributed by atoms with E-state index in [1.54, 1.807) is 36.4 Å². The lowest BCUT2D eigenvalue weighted by Gasteiger charge is -2.31. The van der Waals surface area contributed by atoms with E-state index in [0.29, 0.717) is 11.4 Å². The van der Waals surface area contributed by atoms with Gasteiger partial charge in [0, 0.05) is 18.8 Å². The van der Waals surface area contributed by atoms with Gasteiger partial charge < -0.3 is 19.9 Å². The number of hydrogen-bond acceptors (Lipinski definition) is 7. The third-order valence-corrected chi connectivity index (χ3v) is 8.77. The van der Waals surface area contributed by atoms with Gasteiger partial charge in [-0.1, -0.05) is 62.4 Å². The third-order valence-electron chi connectivity index (χ3n) is 6.92. The van der Waals surface area contributed by atoms with Crippen molar-refractivity contribution in [2.24, 2.45) is 5.92 Å². The standard InChI is InChI=1S/C31H37N3O7S/c1-22(2)19-33(42(38,39)26-16-14-25(40-3)15-17-26)20-28(35)27(18-23-10-6-4-7-11-23)32-30(36)29-21-34(31(37)41-29)24-12-8-5-9-13-24/h4-17,22,27-29,35H,18-21H2,1-3H3,(H,32,36)/t27-,28+,29+/m0/s1. The van der Waals surface area contributed by atoms with Gasteiger partial charge in [-0.05, 0) is 54.3 Å². The number of rotatable bonds is 13. The first-order chi connectivity index (χ1) is 20.1. The Morgan fingerprint density at radius 1 is 1.02 bits per heavy atom. The zero-order valence-corrected chi connectivity index (χ0v) is 24.7. The second kappa shape index (κ2) is 13.8. The number of amides is 2. The molecule has 1 aliphatic heterocycles. The van der Waals surface area contributed by atoms with E-state index in [0.717, 1.165) is 5.56 Å². The number of nitrogens with one attached hydrogen (secondary N) is 1. The van der Waals surface area contributed by atoms with Crippen molar-refractivity contribution in [1.29, 1.82) is 0 Å². The molecule has 0 saturated carbocycles. The molecule has 0 aliphatic carbocycles. The molecule has 10 nitrogen and oxygen atoms in total. The maximum atomic E-state index is 13.6. The normalized spacial score (nSPS) is 16.8. The lowest BCUT2D eigenvalue weighted by Crippen LogP contribution is -2.53. The van der Waals surface area contributed by atoms with Crippen LogP contribution in [0.2, 0.25) is 0 Å². The largest absolute Gasteiger partial charge is 0.497 e. The summed E-state index contributed by atoms with van der Waals surface area (Å²) in [5.41, 5.74) is 1.44. The number of carbonyl (C=O) groups is 2. The van der Waals surface area contributed by atoms with Gasteiger partial charge in [-0.25, -0.2) is 13.2 Å². The van der Waals surface area contributed by atoms with Crippen molar-refractivity contribution in [1.82, 2.24) is 9.62 Å². The molecule has 11 heteroatoms. The summed E-state index contributed by atoms with van der Waals surface area (Å²) in [6, 6.07) is 23.3. The van der Waals surface area contributed by atoms with Crippen LogP contribution in [0, 0.1) is 5.92 Å². The second-order valence-electron chi connectivity index (χ2n) is 10.6. The molecule has 1 saturated heterocycles. The Morgan fingerprint density at radius 3 is 2.24 bits per heavy atom. The van der Waals surface area contributed by atoms with E-state index in [1.807, 2.05) is 50.2 Å². The molecule has 3 aromatic rings. The van der Waals surface area contributed by atoms with Crippen LogP contribution in [0.15, 0.2) is 89.8 Å². The second-order valence-corrected chi connectivity index (χ2v) is 12.5. The predicted octanol–water partition coefficient (Wildman–Crippen LogP) is 3.46. The molecule has 2 N–H and O–H groups in total. The molecule has 3 aromatic carbocycles.